The average molecular weight is 1010 g/mol. The Labute approximate surface area is 432 Å². The zero-order chi connectivity index (χ0) is 50.5. The van der Waals surface area contributed by atoms with Crippen LogP contribution in [0, 0.1) is 5.92 Å². The van der Waals surface area contributed by atoms with Crippen molar-refractivity contribution in [2.75, 3.05) is 65.4 Å². The minimum atomic E-state index is -0.340. The van der Waals surface area contributed by atoms with Crippen LogP contribution in [0.4, 0.5) is 0 Å². The van der Waals surface area contributed by atoms with Gasteiger partial charge >= 0.3 is 0 Å². The molecule has 1 unspecified atom stereocenters. The van der Waals surface area contributed by atoms with Crippen LogP contribution in [0.5, 0.6) is 0 Å². The molecule has 0 aliphatic carbocycles. The number of nitrogens with two attached hydrogens (primary N) is 1. The Kier molecular flexibility index (Phi) is 22.7. The lowest BCUT2D eigenvalue weighted by molar-refractivity contribution is -0.134. The van der Waals surface area contributed by atoms with Crippen LogP contribution in [0.2, 0.25) is 10.0 Å². The predicted molar refractivity (Wildman–Crippen MR) is 291 cm³/mol. The number of likely N-dealkylation sites (tertiary alicyclic amines) is 1. The van der Waals surface area contributed by atoms with Crippen LogP contribution in [-0.4, -0.2) is 128 Å². The van der Waals surface area contributed by atoms with Crippen molar-refractivity contribution in [2.24, 2.45) is 11.7 Å². The predicted octanol–water partition coefficient (Wildman–Crippen LogP) is 8.67. The standard InChI is InChI=1S/C30H43ClN4O2.C27H35ClN4O2/c1-3-22(4-2)21-35-17-12-27(33-28(30(35)37)13-16-34-14-6-5-7-15-34)20-32-29(36)25-9-8-24-19-26(31)11-10-23(24)18-25;1-2-21(22-6-4-3-5-7-22)19-32-17-15-24(31-25(14-16-29)27(32)34)18-30-26(33)13-10-20-8-11-23(28)12-9-20/h8-11,18-19,22,27-28,33H,3-7,12-17,20-21H2,1-2H3,(H,32,36);3-13,21,24-25,31H,2,14-19,29H2,1H3,(H,30,33)/b;13-10+/t27-,28-;21?,24-,25-/m00/s1. The van der Waals surface area contributed by atoms with Gasteiger partial charge in [0.15, 0.2) is 0 Å². The Morgan fingerprint density at radius 3 is 1.96 bits per heavy atom. The lowest BCUT2D eigenvalue weighted by atomic mass is 9.95. The number of hydrogen-bond acceptors (Lipinski definition) is 8. The van der Waals surface area contributed by atoms with Crippen molar-refractivity contribution in [3.8, 4) is 0 Å². The Morgan fingerprint density at radius 1 is 0.704 bits per heavy atom. The molecule has 4 amide bonds. The highest BCUT2D eigenvalue weighted by molar-refractivity contribution is 6.31. The third kappa shape index (κ3) is 17.4. The summed E-state index contributed by atoms with van der Waals surface area (Å²) < 4.78 is 0. The quantitative estimate of drug-likeness (QED) is 0.0552. The smallest absolute Gasteiger partial charge is 0.251 e. The molecular formula is C57H78Cl2N8O4. The Balaban J connectivity index is 0.000000233. The Bertz CT molecular complexity index is 2320. The fourth-order valence-electron chi connectivity index (χ4n) is 9.95. The molecule has 4 aromatic rings. The van der Waals surface area contributed by atoms with E-state index in [-0.39, 0.29) is 53.7 Å². The number of hydrogen-bond donors (Lipinski definition) is 5. The molecular weight excluding hydrogens is 932 g/mol. The number of halogens is 2. The molecule has 0 spiro atoms. The van der Waals surface area contributed by atoms with Crippen molar-refractivity contribution in [3.63, 3.8) is 0 Å². The van der Waals surface area contributed by atoms with Crippen molar-refractivity contribution in [2.45, 2.75) is 115 Å². The molecule has 5 atom stereocenters. The van der Waals surface area contributed by atoms with E-state index in [2.05, 4.69) is 64.0 Å². The number of benzene rings is 4. The van der Waals surface area contributed by atoms with Gasteiger partial charge < -0.3 is 41.7 Å². The van der Waals surface area contributed by atoms with Crippen LogP contribution in [0.1, 0.15) is 112 Å². The summed E-state index contributed by atoms with van der Waals surface area (Å²) in [4.78, 5) is 58.8. The molecule has 3 fully saturated rings. The molecule has 14 heteroatoms. The molecule has 71 heavy (non-hydrogen) atoms. The van der Waals surface area contributed by atoms with E-state index >= 15 is 0 Å². The summed E-state index contributed by atoms with van der Waals surface area (Å²) in [5.41, 5.74) is 8.60. The molecule has 3 heterocycles. The molecule has 3 saturated heterocycles. The summed E-state index contributed by atoms with van der Waals surface area (Å²) in [7, 11) is 0. The number of fused-ring (bicyclic) bond motifs is 1. The lowest BCUT2D eigenvalue weighted by Crippen LogP contribution is -2.50. The van der Waals surface area contributed by atoms with Gasteiger partial charge in [0.1, 0.15) is 0 Å². The molecule has 384 valence electrons. The van der Waals surface area contributed by atoms with Gasteiger partial charge in [-0.1, -0.05) is 118 Å². The van der Waals surface area contributed by atoms with Crippen molar-refractivity contribution in [1.29, 1.82) is 0 Å². The second-order valence-corrected chi connectivity index (χ2v) is 20.4. The summed E-state index contributed by atoms with van der Waals surface area (Å²) in [5, 5.41) is 16.5. The van der Waals surface area contributed by atoms with Gasteiger partial charge in [0.2, 0.25) is 17.7 Å². The Morgan fingerprint density at radius 2 is 1.31 bits per heavy atom. The molecule has 12 nitrogen and oxygen atoms in total. The number of nitrogens with one attached hydrogen (secondary N) is 4. The summed E-state index contributed by atoms with van der Waals surface area (Å²) in [5.74, 6) is 0.883. The molecule has 7 rings (SSSR count). The van der Waals surface area contributed by atoms with Crippen LogP contribution in [0.3, 0.4) is 0 Å². The van der Waals surface area contributed by atoms with Gasteiger partial charge in [-0.05, 0) is 135 Å². The van der Waals surface area contributed by atoms with Crippen molar-refractivity contribution < 1.29 is 19.2 Å². The van der Waals surface area contributed by atoms with Gasteiger partial charge in [-0.2, -0.15) is 0 Å². The normalized spacial score (nSPS) is 20.6. The van der Waals surface area contributed by atoms with Gasteiger partial charge in [-0.3, -0.25) is 19.2 Å². The van der Waals surface area contributed by atoms with Gasteiger partial charge in [0, 0.05) is 85.5 Å². The minimum Gasteiger partial charge on any atom is -0.351 e. The van der Waals surface area contributed by atoms with E-state index in [1.807, 2.05) is 71.6 Å². The molecule has 0 aromatic heterocycles. The topological polar surface area (TPSA) is 152 Å². The second kappa shape index (κ2) is 29.0. The van der Waals surface area contributed by atoms with E-state index in [9.17, 15) is 19.2 Å². The SMILES string of the molecule is CCC(CC)CN1CC[C@@H](CNC(=O)c2ccc3cc(Cl)ccc3c2)N[C@@H](CCN2CCCCC2)C1=O.CCC(CN1CC[C@@H](CNC(=O)/C=C/c2ccc(Cl)cc2)N[C@@H](CCN)C1=O)c1ccccc1. The maximum Gasteiger partial charge on any atom is 0.251 e. The number of carbonyl (C=O) groups excluding carboxylic acids is 4. The monoisotopic (exact) mass is 1010 g/mol. The number of amides is 4. The number of rotatable bonds is 20. The molecule has 0 bridgehead atoms. The van der Waals surface area contributed by atoms with Crippen molar-refractivity contribution >= 4 is 63.7 Å². The lowest BCUT2D eigenvalue weighted by Gasteiger charge is -2.30. The van der Waals surface area contributed by atoms with Gasteiger partial charge in [-0.15, -0.1) is 0 Å². The van der Waals surface area contributed by atoms with Crippen LogP contribution >= 0.6 is 23.2 Å². The third-order valence-electron chi connectivity index (χ3n) is 14.5. The van der Waals surface area contributed by atoms with E-state index in [0.717, 1.165) is 87.6 Å². The first kappa shape index (κ1) is 55.5. The molecule has 0 radical (unpaired) electrons. The number of nitrogens with zero attached hydrogens (tertiary/aromatic N) is 3. The van der Waals surface area contributed by atoms with Crippen molar-refractivity contribution in [3.05, 3.63) is 124 Å². The summed E-state index contributed by atoms with van der Waals surface area (Å²) >= 11 is 12.0. The molecule has 3 aliphatic heterocycles. The number of piperidine rings is 1. The largest absolute Gasteiger partial charge is 0.351 e. The van der Waals surface area contributed by atoms with E-state index in [1.165, 1.54) is 30.9 Å². The van der Waals surface area contributed by atoms with Crippen LogP contribution < -0.4 is 27.0 Å². The fraction of sp³-hybridized carbons (Fsp3) is 0.509. The molecule has 6 N–H and O–H groups in total. The van der Waals surface area contributed by atoms with E-state index in [1.54, 1.807) is 18.2 Å². The van der Waals surface area contributed by atoms with Gasteiger partial charge in [-0.25, -0.2) is 0 Å². The summed E-state index contributed by atoms with van der Waals surface area (Å²) in [6.07, 6.45) is 13.2. The third-order valence-corrected chi connectivity index (χ3v) is 14.9. The first-order chi connectivity index (χ1) is 34.5. The molecule has 4 aromatic carbocycles. The summed E-state index contributed by atoms with van der Waals surface area (Å²) in [6, 6.07) is 28.5. The molecule has 3 aliphatic rings. The molecule has 0 saturated carbocycles. The fourth-order valence-corrected chi connectivity index (χ4v) is 10.3. The van der Waals surface area contributed by atoms with E-state index in [0.29, 0.717) is 60.7 Å². The average Bonchev–Trinajstić information content (AvgIpc) is 3.64. The minimum absolute atomic E-state index is 0.00446. The van der Waals surface area contributed by atoms with Crippen LogP contribution in [-0.2, 0) is 14.4 Å². The number of carbonyl (C=O) groups is 4. The first-order valence-electron chi connectivity index (χ1n) is 26.2. The first-order valence-corrected chi connectivity index (χ1v) is 27.0. The second-order valence-electron chi connectivity index (χ2n) is 19.5. The maximum absolute atomic E-state index is 13.6. The Hall–Kier alpha value is -4.82. The maximum atomic E-state index is 13.6. The highest BCUT2D eigenvalue weighted by Gasteiger charge is 2.33. The zero-order valence-electron chi connectivity index (χ0n) is 42.2. The van der Waals surface area contributed by atoms with Crippen LogP contribution in [0.25, 0.3) is 16.8 Å². The van der Waals surface area contributed by atoms with Gasteiger partial charge in [0.25, 0.3) is 5.91 Å². The van der Waals surface area contributed by atoms with Crippen LogP contribution in [0.15, 0.2) is 97.1 Å². The summed E-state index contributed by atoms with van der Waals surface area (Å²) in [6.45, 7) is 14.1. The van der Waals surface area contributed by atoms with Gasteiger partial charge in [0.05, 0.1) is 12.1 Å². The van der Waals surface area contributed by atoms with E-state index in [4.69, 9.17) is 28.9 Å². The van der Waals surface area contributed by atoms with E-state index < -0.39 is 0 Å². The zero-order valence-corrected chi connectivity index (χ0v) is 43.7. The highest BCUT2D eigenvalue weighted by Crippen LogP contribution is 2.24. The highest BCUT2D eigenvalue weighted by atomic mass is 35.5. The van der Waals surface area contributed by atoms with Crippen molar-refractivity contribution in [1.82, 2.24) is 36.0 Å².